The van der Waals surface area contributed by atoms with Crippen molar-refractivity contribution in [2.45, 2.75) is 46.5 Å². The van der Waals surface area contributed by atoms with E-state index < -0.39 is 11.4 Å². The predicted octanol–water partition coefficient (Wildman–Crippen LogP) is 4.14. The Labute approximate surface area is 123 Å². The molecule has 1 rings (SSSR count). The molecule has 0 atom stereocenters. The molecule has 0 heterocycles. The molecule has 0 bridgehead atoms. The Hall–Kier alpha value is -1.03. The van der Waals surface area contributed by atoms with Crippen LogP contribution in [0.2, 0.25) is 0 Å². The van der Waals surface area contributed by atoms with E-state index >= 15 is 0 Å². The Morgan fingerprint density at radius 2 is 1.74 bits per heavy atom. The summed E-state index contributed by atoms with van der Waals surface area (Å²) in [5.74, 6) is 0.0401. The maximum Gasteiger partial charge on any atom is 0.304 e. The Bertz CT molecular complexity index is 490. The number of benzene rings is 1. The number of hydrogen-bond acceptors (Lipinski definition) is 2. The number of aliphatic carboxylic acids is 1. The monoisotopic (exact) mass is 328 g/mol. The summed E-state index contributed by atoms with van der Waals surface area (Å²) in [4.78, 5) is 11.1. The van der Waals surface area contributed by atoms with Gasteiger partial charge in [-0.25, -0.2) is 0 Å². The fourth-order valence-corrected chi connectivity index (χ4v) is 3.47. The molecule has 0 aliphatic heterocycles. The van der Waals surface area contributed by atoms with Crippen LogP contribution in [0, 0.1) is 20.8 Å². The van der Waals surface area contributed by atoms with Crippen molar-refractivity contribution < 1.29 is 14.6 Å². The first-order valence-corrected chi connectivity index (χ1v) is 6.98. The van der Waals surface area contributed by atoms with E-state index in [1.807, 2.05) is 34.6 Å². The van der Waals surface area contributed by atoms with Gasteiger partial charge in [0.1, 0.15) is 5.75 Å². The molecule has 0 saturated carbocycles. The second-order valence-electron chi connectivity index (χ2n) is 5.55. The van der Waals surface area contributed by atoms with E-state index in [1.165, 1.54) is 0 Å². The van der Waals surface area contributed by atoms with Crippen LogP contribution in [0.4, 0.5) is 0 Å². The SMILES string of the molecule is COc1c(C)c(C)c(C(C)(C)CC(=O)O)c(C)c1Br. The number of carbonyl (C=O) groups is 1. The summed E-state index contributed by atoms with van der Waals surface area (Å²) in [6, 6.07) is 0. The van der Waals surface area contributed by atoms with Gasteiger partial charge in [-0.1, -0.05) is 13.8 Å². The van der Waals surface area contributed by atoms with Crippen LogP contribution in [0.1, 0.15) is 42.5 Å². The molecular weight excluding hydrogens is 308 g/mol. The van der Waals surface area contributed by atoms with Gasteiger partial charge in [0.25, 0.3) is 0 Å². The molecule has 1 aromatic carbocycles. The van der Waals surface area contributed by atoms with Gasteiger partial charge in [0.05, 0.1) is 18.0 Å². The number of ether oxygens (including phenoxy) is 1. The second-order valence-corrected chi connectivity index (χ2v) is 6.34. The third-order valence-electron chi connectivity index (χ3n) is 3.66. The third kappa shape index (κ3) is 2.94. The Morgan fingerprint density at radius 1 is 1.21 bits per heavy atom. The molecule has 0 amide bonds. The highest BCUT2D eigenvalue weighted by Gasteiger charge is 2.30. The molecule has 19 heavy (non-hydrogen) atoms. The standard InChI is InChI=1S/C15H21BrO3/c1-8-9(2)14(19-6)13(16)10(3)12(8)15(4,5)7-11(17)18/h7H2,1-6H3,(H,17,18). The van der Waals surface area contributed by atoms with Crippen molar-refractivity contribution in [3.8, 4) is 5.75 Å². The van der Waals surface area contributed by atoms with E-state index in [2.05, 4.69) is 15.9 Å². The molecule has 4 heteroatoms. The average molecular weight is 329 g/mol. The molecule has 0 aliphatic carbocycles. The fraction of sp³-hybridized carbons (Fsp3) is 0.533. The second kappa shape index (κ2) is 5.53. The summed E-state index contributed by atoms with van der Waals surface area (Å²) in [7, 11) is 1.65. The Kier molecular flexibility index (Phi) is 4.67. The van der Waals surface area contributed by atoms with Crippen molar-refractivity contribution >= 4 is 21.9 Å². The molecule has 0 fully saturated rings. The molecule has 0 spiro atoms. The summed E-state index contributed by atoms with van der Waals surface area (Å²) in [5, 5.41) is 9.10. The van der Waals surface area contributed by atoms with Gasteiger partial charge in [0.15, 0.2) is 0 Å². The van der Waals surface area contributed by atoms with Crippen molar-refractivity contribution in [2.24, 2.45) is 0 Å². The molecule has 0 unspecified atom stereocenters. The van der Waals surface area contributed by atoms with Crippen LogP contribution in [0.25, 0.3) is 0 Å². The maximum absolute atomic E-state index is 11.1. The first kappa shape index (κ1) is 16.0. The van der Waals surface area contributed by atoms with Gasteiger partial charge in [-0.15, -0.1) is 0 Å². The first-order valence-electron chi connectivity index (χ1n) is 6.19. The number of rotatable bonds is 4. The summed E-state index contributed by atoms with van der Waals surface area (Å²) in [6.45, 7) is 9.95. The van der Waals surface area contributed by atoms with Crippen molar-refractivity contribution in [2.75, 3.05) is 7.11 Å². The highest BCUT2D eigenvalue weighted by atomic mass is 79.9. The summed E-state index contributed by atoms with van der Waals surface area (Å²) < 4.78 is 6.33. The van der Waals surface area contributed by atoms with Crippen molar-refractivity contribution in [3.05, 3.63) is 26.7 Å². The molecule has 0 aromatic heterocycles. The molecule has 0 radical (unpaired) electrons. The number of hydrogen-bond donors (Lipinski definition) is 1. The predicted molar refractivity (Wildman–Crippen MR) is 80.2 cm³/mol. The zero-order chi connectivity index (χ0) is 15.0. The van der Waals surface area contributed by atoms with Gasteiger partial charge in [-0.2, -0.15) is 0 Å². The Balaban J connectivity index is 3.57. The van der Waals surface area contributed by atoms with Crippen molar-refractivity contribution in [1.82, 2.24) is 0 Å². The highest BCUT2D eigenvalue weighted by molar-refractivity contribution is 9.10. The number of halogens is 1. The molecule has 1 N–H and O–H groups in total. The van der Waals surface area contributed by atoms with E-state index in [1.54, 1.807) is 7.11 Å². The van der Waals surface area contributed by atoms with Crippen LogP contribution >= 0.6 is 15.9 Å². The first-order chi connectivity index (χ1) is 8.63. The normalized spacial score (nSPS) is 11.5. The van der Waals surface area contributed by atoms with E-state index in [-0.39, 0.29) is 6.42 Å². The number of carboxylic acids is 1. The maximum atomic E-state index is 11.1. The molecular formula is C15H21BrO3. The van der Waals surface area contributed by atoms with E-state index in [4.69, 9.17) is 9.84 Å². The minimum Gasteiger partial charge on any atom is -0.495 e. The van der Waals surface area contributed by atoms with Crippen LogP contribution < -0.4 is 4.74 Å². The van der Waals surface area contributed by atoms with Crippen LogP contribution in [-0.4, -0.2) is 18.2 Å². The van der Waals surface area contributed by atoms with Crippen LogP contribution in [0.5, 0.6) is 5.75 Å². The van der Waals surface area contributed by atoms with Gasteiger partial charge in [-0.3, -0.25) is 4.79 Å². The smallest absolute Gasteiger partial charge is 0.304 e. The Morgan fingerprint density at radius 3 is 2.16 bits per heavy atom. The summed E-state index contributed by atoms with van der Waals surface area (Å²) in [5.41, 5.74) is 3.86. The van der Waals surface area contributed by atoms with Gasteiger partial charge >= 0.3 is 5.97 Å². The van der Waals surface area contributed by atoms with Gasteiger partial charge in [0, 0.05) is 5.41 Å². The van der Waals surface area contributed by atoms with E-state index in [9.17, 15) is 4.79 Å². The lowest BCUT2D eigenvalue weighted by Gasteiger charge is -2.30. The lowest BCUT2D eigenvalue weighted by atomic mass is 9.76. The van der Waals surface area contributed by atoms with Gasteiger partial charge in [-0.05, 0) is 59.0 Å². The zero-order valence-corrected chi connectivity index (χ0v) is 13.9. The van der Waals surface area contributed by atoms with Gasteiger partial charge in [0.2, 0.25) is 0 Å². The zero-order valence-electron chi connectivity index (χ0n) is 12.3. The topological polar surface area (TPSA) is 46.5 Å². The lowest BCUT2D eigenvalue weighted by Crippen LogP contribution is -2.25. The average Bonchev–Trinajstić information content (AvgIpc) is 2.25. The molecule has 0 aliphatic rings. The van der Waals surface area contributed by atoms with Crippen molar-refractivity contribution in [3.63, 3.8) is 0 Å². The summed E-state index contributed by atoms with van der Waals surface area (Å²) in [6.07, 6.45) is 0.104. The molecule has 1 aromatic rings. The van der Waals surface area contributed by atoms with Gasteiger partial charge < -0.3 is 9.84 Å². The van der Waals surface area contributed by atoms with Crippen LogP contribution in [0.3, 0.4) is 0 Å². The van der Waals surface area contributed by atoms with E-state index in [0.29, 0.717) is 0 Å². The molecule has 106 valence electrons. The largest absolute Gasteiger partial charge is 0.495 e. The number of carboxylic acid groups (broad SMARTS) is 1. The highest BCUT2D eigenvalue weighted by Crippen LogP contribution is 2.42. The quantitative estimate of drug-likeness (QED) is 0.903. The fourth-order valence-electron chi connectivity index (χ4n) is 2.81. The lowest BCUT2D eigenvalue weighted by molar-refractivity contribution is -0.138. The van der Waals surface area contributed by atoms with Crippen LogP contribution in [0.15, 0.2) is 4.47 Å². The molecule has 3 nitrogen and oxygen atoms in total. The minimum absolute atomic E-state index is 0.104. The molecule has 0 saturated heterocycles. The van der Waals surface area contributed by atoms with E-state index in [0.717, 1.165) is 32.5 Å². The van der Waals surface area contributed by atoms with Crippen LogP contribution in [-0.2, 0) is 10.2 Å². The minimum atomic E-state index is -0.784. The number of methoxy groups -OCH3 is 1. The van der Waals surface area contributed by atoms with Crippen molar-refractivity contribution in [1.29, 1.82) is 0 Å². The summed E-state index contributed by atoms with van der Waals surface area (Å²) >= 11 is 3.56. The third-order valence-corrected chi connectivity index (χ3v) is 4.61.